The number of allylic oxidation sites excluding steroid dienone is 2. The van der Waals surface area contributed by atoms with Crippen LogP contribution in [-0.2, 0) is 11.2 Å². The first-order valence-corrected chi connectivity index (χ1v) is 9.77. The standard InChI is InChI=1S/C23H23ClN2O/c1-14-10-18(11-16-6-4-3-5-7-16)25-13-20-15(2)22(14)19-12-17(24)8-9-21(19)26-23(20)27/h3-9,12,15,20H,10-11,13H2,1-2H3,(H,26,27). The zero-order chi connectivity index (χ0) is 19.0. The van der Waals surface area contributed by atoms with Crippen LogP contribution in [0.25, 0.3) is 5.57 Å². The summed E-state index contributed by atoms with van der Waals surface area (Å²) in [4.78, 5) is 17.8. The van der Waals surface area contributed by atoms with Crippen molar-refractivity contribution in [2.45, 2.75) is 26.7 Å². The number of benzene rings is 2. The molecule has 0 fully saturated rings. The Morgan fingerprint density at radius 1 is 1.19 bits per heavy atom. The number of carbonyl (C=O) groups is 1. The minimum absolute atomic E-state index is 0.0404. The summed E-state index contributed by atoms with van der Waals surface area (Å²) in [6, 6.07) is 16.1. The van der Waals surface area contributed by atoms with Crippen LogP contribution in [0.1, 0.15) is 31.4 Å². The van der Waals surface area contributed by atoms with Crippen LogP contribution in [0.15, 0.2) is 59.1 Å². The molecular formula is C23H23ClN2O. The van der Waals surface area contributed by atoms with Gasteiger partial charge in [0.2, 0.25) is 5.91 Å². The third kappa shape index (κ3) is 3.57. The zero-order valence-corrected chi connectivity index (χ0v) is 16.4. The molecule has 0 saturated carbocycles. The molecule has 2 atom stereocenters. The van der Waals surface area contributed by atoms with E-state index in [2.05, 4.69) is 43.4 Å². The number of nitrogens with one attached hydrogen (secondary N) is 1. The highest BCUT2D eigenvalue weighted by Crippen LogP contribution is 2.42. The van der Waals surface area contributed by atoms with Gasteiger partial charge in [-0.15, -0.1) is 0 Å². The second-order valence-electron chi connectivity index (χ2n) is 7.51. The Bertz CT molecular complexity index is 946. The van der Waals surface area contributed by atoms with E-state index in [0.29, 0.717) is 11.6 Å². The predicted molar refractivity (Wildman–Crippen MR) is 112 cm³/mol. The largest absolute Gasteiger partial charge is 0.325 e. The van der Waals surface area contributed by atoms with Crippen LogP contribution in [0.4, 0.5) is 5.69 Å². The summed E-state index contributed by atoms with van der Waals surface area (Å²) in [7, 11) is 0. The van der Waals surface area contributed by atoms with Gasteiger partial charge in [0, 0.05) is 34.8 Å². The van der Waals surface area contributed by atoms with Gasteiger partial charge < -0.3 is 5.32 Å². The van der Waals surface area contributed by atoms with Gasteiger partial charge >= 0.3 is 0 Å². The van der Waals surface area contributed by atoms with E-state index in [1.165, 1.54) is 16.7 Å². The predicted octanol–water partition coefficient (Wildman–Crippen LogP) is 5.41. The molecule has 4 rings (SSSR count). The van der Waals surface area contributed by atoms with Crippen LogP contribution in [0, 0.1) is 11.8 Å². The van der Waals surface area contributed by atoms with Crippen molar-refractivity contribution in [1.29, 1.82) is 0 Å². The molecule has 0 saturated heterocycles. The van der Waals surface area contributed by atoms with Crippen LogP contribution in [0.5, 0.6) is 0 Å². The van der Waals surface area contributed by atoms with Crippen molar-refractivity contribution in [3.05, 3.63) is 70.3 Å². The van der Waals surface area contributed by atoms with Gasteiger partial charge in [0.15, 0.2) is 0 Å². The molecule has 2 aromatic carbocycles. The van der Waals surface area contributed by atoms with E-state index in [1.807, 2.05) is 24.3 Å². The number of nitrogens with zero attached hydrogens (tertiary/aromatic N) is 1. The Morgan fingerprint density at radius 2 is 1.96 bits per heavy atom. The highest BCUT2D eigenvalue weighted by atomic mass is 35.5. The van der Waals surface area contributed by atoms with Gasteiger partial charge in [-0.05, 0) is 42.2 Å². The van der Waals surface area contributed by atoms with Crippen LogP contribution >= 0.6 is 11.6 Å². The Kier molecular flexibility index (Phi) is 4.88. The smallest absolute Gasteiger partial charge is 0.229 e. The van der Waals surface area contributed by atoms with E-state index >= 15 is 0 Å². The molecule has 0 radical (unpaired) electrons. The lowest BCUT2D eigenvalue weighted by molar-refractivity contribution is -0.120. The lowest BCUT2D eigenvalue weighted by atomic mass is 9.79. The number of anilines is 1. The molecule has 4 heteroatoms. The van der Waals surface area contributed by atoms with Crippen LogP contribution in [0.2, 0.25) is 5.02 Å². The van der Waals surface area contributed by atoms with E-state index in [4.69, 9.17) is 16.6 Å². The number of amides is 1. The van der Waals surface area contributed by atoms with Crippen molar-refractivity contribution in [3.8, 4) is 0 Å². The number of halogens is 1. The number of rotatable bonds is 2. The highest BCUT2D eigenvalue weighted by Gasteiger charge is 2.35. The molecule has 2 bridgehead atoms. The topological polar surface area (TPSA) is 41.5 Å². The number of hydrogen-bond acceptors (Lipinski definition) is 2. The Balaban J connectivity index is 1.79. The Hall–Kier alpha value is -2.39. The maximum atomic E-state index is 12.9. The number of carbonyl (C=O) groups excluding carboxylic acids is 1. The summed E-state index contributed by atoms with van der Waals surface area (Å²) in [5.41, 5.74) is 6.77. The fraction of sp³-hybridized carbons (Fsp3) is 0.304. The van der Waals surface area contributed by atoms with Gasteiger partial charge in [-0.25, -0.2) is 0 Å². The molecule has 0 spiro atoms. The third-order valence-corrected chi connectivity index (χ3v) is 5.85. The first-order valence-electron chi connectivity index (χ1n) is 9.39. The Morgan fingerprint density at radius 3 is 2.74 bits per heavy atom. The van der Waals surface area contributed by atoms with Crippen molar-refractivity contribution in [2.24, 2.45) is 16.8 Å². The molecule has 2 aromatic rings. The van der Waals surface area contributed by atoms with Crippen molar-refractivity contribution in [1.82, 2.24) is 0 Å². The van der Waals surface area contributed by atoms with Gasteiger partial charge in [-0.3, -0.25) is 9.79 Å². The Labute approximate surface area is 165 Å². The maximum absolute atomic E-state index is 12.9. The molecule has 0 aliphatic carbocycles. The zero-order valence-electron chi connectivity index (χ0n) is 15.6. The third-order valence-electron chi connectivity index (χ3n) is 5.62. The average Bonchev–Trinajstić information content (AvgIpc) is 2.74. The SMILES string of the molecule is CC1=C2c3cc(Cl)ccc3NC(=O)C(CN=C(Cc3ccccc3)C1)C2C. The molecule has 2 unspecified atom stereocenters. The molecule has 2 aliphatic rings. The van der Waals surface area contributed by atoms with Crippen molar-refractivity contribution >= 4 is 34.5 Å². The van der Waals surface area contributed by atoms with E-state index in [-0.39, 0.29) is 17.7 Å². The summed E-state index contributed by atoms with van der Waals surface area (Å²) in [5, 5.41) is 3.78. The number of aliphatic imine (C=N–C) groups is 1. The summed E-state index contributed by atoms with van der Waals surface area (Å²) in [6.07, 6.45) is 1.64. The van der Waals surface area contributed by atoms with Crippen LogP contribution in [-0.4, -0.2) is 18.2 Å². The molecule has 1 N–H and O–H groups in total. The summed E-state index contributed by atoms with van der Waals surface area (Å²) in [5.74, 6) is -0.0301. The number of fused-ring (bicyclic) bond motifs is 4. The maximum Gasteiger partial charge on any atom is 0.229 e. The monoisotopic (exact) mass is 378 g/mol. The van der Waals surface area contributed by atoms with E-state index in [1.54, 1.807) is 0 Å². The van der Waals surface area contributed by atoms with Gasteiger partial charge in [-0.1, -0.05) is 54.4 Å². The molecular weight excluding hydrogens is 356 g/mol. The number of hydrogen-bond donors (Lipinski definition) is 1. The van der Waals surface area contributed by atoms with Crippen molar-refractivity contribution in [2.75, 3.05) is 11.9 Å². The molecule has 0 aromatic heterocycles. The highest BCUT2D eigenvalue weighted by molar-refractivity contribution is 6.31. The minimum atomic E-state index is -0.174. The fourth-order valence-electron chi connectivity index (χ4n) is 4.24. The summed E-state index contributed by atoms with van der Waals surface area (Å²) < 4.78 is 0. The summed E-state index contributed by atoms with van der Waals surface area (Å²) in [6.45, 7) is 4.82. The van der Waals surface area contributed by atoms with Crippen molar-refractivity contribution < 1.29 is 4.79 Å². The van der Waals surface area contributed by atoms with Crippen LogP contribution in [0.3, 0.4) is 0 Å². The summed E-state index contributed by atoms with van der Waals surface area (Å²) >= 11 is 6.29. The minimum Gasteiger partial charge on any atom is -0.325 e. The second-order valence-corrected chi connectivity index (χ2v) is 7.95. The van der Waals surface area contributed by atoms with Gasteiger partial charge in [0.05, 0.1) is 12.5 Å². The molecule has 2 aliphatic heterocycles. The van der Waals surface area contributed by atoms with E-state index in [0.717, 1.165) is 29.8 Å². The second kappa shape index (κ2) is 7.32. The van der Waals surface area contributed by atoms with Gasteiger partial charge in [0.25, 0.3) is 0 Å². The molecule has 138 valence electrons. The van der Waals surface area contributed by atoms with Gasteiger partial charge in [0.1, 0.15) is 0 Å². The molecule has 27 heavy (non-hydrogen) atoms. The van der Waals surface area contributed by atoms with Crippen LogP contribution < -0.4 is 5.32 Å². The average molecular weight is 379 g/mol. The lowest BCUT2D eigenvalue weighted by Crippen LogP contribution is -2.30. The molecule has 2 heterocycles. The first-order chi connectivity index (χ1) is 13.0. The van der Waals surface area contributed by atoms with E-state index < -0.39 is 0 Å². The fourth-order valence-corrected chi connectivity index (χ4v) is 4.41. The quantitative estimate of drug-likeness (QED) is 0.746. The molecule has 1 amide bonds. The lowest BCUT2D eigenvalue weighted by Gasteiger charge is -2.26. The molecule has 3 nitrogen and oxygen atoms in total. The first kappa shape index (κ1) is 18.0. The van der Waals surface area contributed by atoms with E-state index in [9.17, 15) is 4.79 Å². The van der Waals surface area contributed by atoms with Crippen molar-refractivity contribution in [3.63, 3.8) is 0 Å². The normalized spacial score (nSPS) is 22.2. The van der Waals surface area contributed by atoms with Gasteiger partial charge in [-0.2, -0.15) is 0 Å².